The molecule has 0 fully saturated rings. The molecule has 4 rings (SSSR count). The SMILES string of the molecule is COC(=O)[C@@H]1Cc2c([nH]c3ccccc23)C(C)(Cc2ccccc2)N1. The lowest BCUT2D eigenvalue weighted by molar-refractivity contribution is -0.144. The lowest BCUT2D eigenvalue weighted by Crippen LogP contribution is -2.55. The first kappa shape index (κ1) is 15.9. The Kier molecular flexibility index (Phi) is 3.85. The van der Waals surface area contributed by atoms with Crippen LogP contribution in [0.25, 0.3) is 10.9 Å². The lowest BCUT2D eigenvalue weighted by atomic mass is 9.81. The maximum absolute atomic E-state index is 12.3. The fourth-order valence-electron chi connectivity index (χ4n) is 4.02. The van der Waals surface area contributed by atoms with Crippen LogP contribution < -0.4 is 5.32 Å². The van der Waals surface area contributed by atoms with E-state index in [-0.39, 0.29) is 17.6 Å². The van der Waals surface area contributed by atoms with E-state index in [9.17, 15) is 4.79 Å². The smallest absolute Gasteiger partial charge is 0.323 e. The molecular weight excluding hydrogens is 312 g/mol. The number of H-pyrrole nitrogens is 1. The van der Waals surface area contributed by atoms with Gasteiger partial charge in [-0.1, -0.05) is 48.5 Å². The molecule has 1 aliphatic heterocycles. The molecule has 0 aliphatic carbocycles. The molecule has 1 aliphatic rings. The average molecular weight is 334 g/mol. The Morgan fingerprint density at radius 1 is 1.16 bits per heavy atom. The van der Waals surface area contributed by atoms with Gasteiger partial charge in [-0.25, -0.2) is 0 Å². The predicted molar refractivity (Wildman–Crippen MR) is 98.4 cm³/mol. The molecule has 128 valence electrons. The third-order valence-corrected chi connectivity index (χ3v) is 5.15. The Morgan fingerprint density at radius 3 is 2.64 bits per heavy atom. The van der Waals surface area contributed by atoms with Crippen LogP contribution in [0.1, 0.15) is 23.7 Å². The second-order valence-corrected chi connectivity index (χ2v) is 6.94. The summed E-state index contributed by atoms with van der Waals surface area (Å²) in [6, 6.07) is 18.3. The van der Waals surface area contributed by atoms with Gasteiger partial charge in [0.15, 0.2) is 0 Å². The van der Waals surface area contributed by atoms with Gasteiger partial charge in [0.25, 0.3) is 0 Å². The zero-order chi connectivity index (χ0) is 17.4. The predicted octanol–water partition coefficient (Wildman–Crippen LogP) is 3.31. The number of esters is 1. The second kappa shape index (κ2) is 6.05. The zero-order valence-electron chi connectivity index (χ0n) is 14.5. The minimum Gasteiger partial charge on any atom is -0.468 e. The molecule has 3 aromatic rings. The van der Waals surface area contributed by atoms with Gasteiger partial charge >= 0.3 is 5.97 Å². The number of methoxy groups -OCH3 is 1. The molecule has 2 aromatic carbocycles. The van der Waals surface area contributed by atoms with Gasteiger partial charge in [0.05, 0.1) is 12.6 Å². The number of hydrogen-bond acceptors (Lipinski definition) is 3. The highest BCUT2D eigenvalue weighted by atomic mass is 16.5. The summed E-state index contributed by atoms with van der Waals surface area (Å²) in [5.41, 5.74) is 4.35. The van der Waals surface area contributed by atoms with Crippen LogP contribution in [0, 0.1) is 0 Å². The van der Waals surface area contributed by atoms with Crippen molar-refractivity contribution in [2.75, 3.05) is 7.11 Å². The highest BCUT2D eigenvalue weighted by Gasteiger charge is 2.41. The van der Waals surface area contributed by atoms with Gasteiger partial charge in [-0.05, 0) is 30.5 Å². The van der Waals surface area contributed by atoms with Gasteiger partial charge in [0.1, 0.15) is 6.04 Å². The third-order valence-electron chi connectivity index (χ3n) is 5.15. The molecule has 0 radical (unpaired) electrons. The summed E-state index contributed by atoms with van der Waals surface area (Å²) in [6.45, 7) is 2.16. The quantitative estimate of drug-likeness (QED) is 0.723. The highest BCUT2D eigenvalue weighted by Crippen LogP contribution is 2.37. The van der Waals surface area contributed by atoms with Gasteiger partial charge < -0.3 is 9.72 Å². The molecular formula is C21H22N2O2. The Bertz CT molecular complexity index is 916. The molecule has 2 heterocycles. The number of carbonyl (C=O) groups excluding carboxylic acids is 1. The van der Waals surface area contributed by atoms with Crippen LogP contribution in [0.2, 0.25) is 0 Å². The minimum atomic E-state index is -0.368. The van der Waals surface area contributed by atoms with Crippen molar-refractivity contribution in [1.29, 1.82) is 0 Å². The van der Waals surface area contributed by atoms with E-state index in [2.05, 4.69) is 41.5 Å². The van der Waals surface area contributed by atoms with E-state index < -0.39 is 0 Å². The number of nitrogens with one attached hydrogen (secondary N) is 2. The van der Waals surface area contributed by atoms with E-state index in [1.165, 1.54) is 23.6 Å². The van der Waals surface area contributed by atoms with Crippen LogP contribution in [0.15, 0.2) is 54.6 Å². The molecule has 0 bridgehead atoms. The zero-order valence-corrected chi connectivity index (χ0v) is 14.5. The first-order chi connectivity index (χ1) is 12.1. The van der Waals surface area contributed by atoms with E-state index in [4.69, 9.17) is 4.74 Å². The average Bonchev–Trinajstić information content (AvgIpc) is 3.01. The Morgan fingerprint density at radius 2 is 1.88 bits per heavy atom. The van der Waals surface area contributed by atoms with Crippen LogP contribution in [0.3, 0.4) is 0 Å². The molecule has 25 heavy (non-hydrogen) atoms. The molecule has 4 heteroatoms. The molecule has 2 N–H and O–H groups in total. The van der Waals surface area contributed by atoms with Gasteiger partial charge in [0.2, 0.25) is 0 Å². The van der Waals surface area contributed by atoms with E-state index in [1.54, 1.807) is 0 Å². The summed E-state index contributed by atoms with van der Waals surface area (Å²) in [5.74, 6) is -0.213. The minimum absolute atomic E-state index is 0.213. The maximum Gasteiger partial charge on any atom is 0.323 e. The van der Waals surface area contributed by atoms with Gasteiger partial charge in [-0.3, -0.25) is 10.1 Å². The molecule has 0 spiro atoms. The summed E-state index contributed by atoms with van der Waals surface area (Å²) in [5, 5.41) is 4.73. The van der Waals surface area contributed by atoms with Crippen molar-refractivity contribution in [2.45, 2.75) is 31.3 Å². The molecule has 4 nitrogen and oxygen atoms in total. The number of fused-ring (bicyclic) bond motifs is 3. The number of aromatic nitrogens is 1. The summed E-state index contributed by atoms with van der Waals surface area (Å²) in [4.78, 5) is 15.9. The maximum atomic E-state index is 12.3. The highest BCUT2D eigenvalue weighted by molar-refractivity contribution is 5.87. The summed E-state index contributed by atoms with van der Waals surface area (Å²) in [6.07, 6.45) is 1.43. The summed E-state index contributed by atoms with van der Waals surface area (Å²) in [7, 11) is 1.45. The molecule has 1 unspecified atom stereocenters. The number of benzene rings is 2. The van der Waals surface area contributed by atoms with Crippen molar-refractivity contribution in [3.63, 3.8) is 0 Å². The topological polar surface area (TPSA) is 54.1 Å². The summed E-state index contributed by atoms with van der Waals surface area (Å²) >= 11 is 0. The number of rotatable bonds is 3. The molecule has 1 aromatic heterocycles. The van der Waals surface area contributed by atoms with Crippen molar-refractivity contribution in [3.05, 3.63) is 71.4 Å². The standard InChI is InChI=1S/C21H22N2O2/c1-21(13-14-8-4-3-5-9-14)19-16(12-18(23-21)20(24)25-2)15-10-6-7-11-17(15)22-19/h3-11,18,22-23H,12-13H2,1-2H3/t18-,21?/m0/s1. The van der Waals surface area contributed by atoms with E-state index in [0.29, 0.717) is 6.42 Å². The second-order valence-electron chi connectivity index (χ2n) is 6.94. The third kappa shape index (κ3) is 2.72. The number of hydrogen-bond donors (Lipinski definition) is 2. The molecule has 2 atom stereocenters. The van der Waals surface area contributed by atoms with Gasteiger partial charge in [-0.2, -0.15) is 0 Å². The fraction of sp³-hybridized carbons (Fsp3) is 0.286. The normalized spacial score (nSPS) is 22.6. The van der Waals surface area contributed by atoms with Crippen LogP contribution in [0.5, 0.6) is 0 Å². The largest absolute Gasteiger partial charge is 0.468 e. The summed E-state index contributed by atoms with van der Waals surface area (Å²) < 4.78 is 5.03. The van der Waals surface area contributed by atoms with Crippen LogP contribution >= 0.6 is 0 Å². The lowest BCUT2D eigenvalue weighted by Gasteiger charge is -2.39. The van der Waals surface area contributed by atoms with E-state index in [1.807, 2.05) is 30.3 Å². The van der Waals surface area contributed by atoms with Gasteiger partial charge in [-0.15, -0.1) is 0 Å². The van der Waals surface area contributed by atoms with E-state index in [0.717, 1.165) is 17.6 Å². The van der Waals surface area contributed by atoms with Gasteiger partial charge in [0, 0.05) is 23.0 Å². The van der Waals surface area contributed by atoms with E-state index >= 15 is 0 Å². The fourth-order valence-corrected chi connectivity index (χ4v) is 4.02. The van der Waals surface area contributed by atoms with Crippen molar-refractivity contribution in [2.24, 2.45) is 0 Å². The molecule has 0 amide bonds. The number of carbonyl (C=O) groups is 1. The Balaban J connectivity index is 1.84. The first-order valence-corrected chi connectivity index (χ1v) is 8.60. The van der Waals surface area contributed by atoms with Crippen LogP contribution in [-0.2, 0) is 27.9 Å². The number of ether oxygens (including phenoxy) is 1. The molecule has 0 saturated heterocycles. The van der Waals surface area contributed by atoms with Crippen LogP contribution in [0.4, 0.5) is 0 Å². The van der Waals surface area contributed by atoms with Crippen molar-refractivity contribution in [1.82, 2.24) is 10.3 Å². The first-order valence-electron chi connectivity index (χ1n) is 8.60. The van der Waals surface area contributed by atoms with Crippen molar-refractivity contribution < 1.29 is 9.53 Å². The van der Waals surface area contributed by atoms with Crippen molar-refractivity contribution in [3.8, 4) is 0 Å². The van der Waals surface area contributed by atoms with Crippen LogP contribution in [-0.4, -0.2) is 24.1 Å². The monoisotopic (exact) mass is 334 g/mol. The Labute approximate surface area is 147 Å². The Hall–Kier alpha value is -2.59. The van der Waals surface area contributed by atoms with Crippen molar-refractivity contribution >= 4 is 16.9 Å². The number of aromatic amines is 1. The molecule has 0 saturated carbocycles. The number of para-hydroxylation sites is 1.